The van der Waals surface area contributed by atoms with Crippen LogP contribution in [0.5, 0.6) is 0 Å². The minimum Gasteiger partial charge on any atom is -0.481 e. The molecule has 0 aliphatic heterocycles. The van der Waals surface area contributed by atoms with Gasteiger partial charge in [-0.3, -0.25) is 9.59 Å². The number of hydrogen-bond donors (Lipinski definition) is 2. The molecule has 0 saturated heterocycles. The van der Waals surface area contributed by atoms with Crippen LogP contribution in [0.2, 0.25) is 0 Å². The third-order valence-electron chi connectivity index (χ3n) is 10.9. The van der Waals surface area contributed by atoms with Crippen molar-refractivity contribution in [2.45, 2.75) is 92.6 Å². The van der Waals surface area contributed by atoms with Crippen molar-refractivity contribution >= 4 is 11.8 Å². The molecule has 4 aliphatic carbocycles. The van der Waals surface area contributed by atoms with E-state index in [9.17, 15) is 19.8 Å². The molecular formula is C30H44O4. The van der Waals surface area contributed by atoms with Gasteiger partial charge in [0.1, 0.15) is 5.78 Å². The smallest absolute Gasteiger partial charge is 0.306 e. The zero-order valence-electron chi connectivity index (χ0n) is 22.0. The molecule has 0 heterocycles. The maximum absolute atomic E-state index is 12.7. The van der Waals surface area contributed by atoms with Crippen molar-refractivity contribution in [2.24, 2.45) is 45.8 Å². The number of hydrogen-bond acceptors (Lipinski definition) is 3. The third-order valence-corrected chi connectivity index (χ3v) is 10.9. The number of fused-ring (bicyclic) bond motifs is 5. The first-order valence-corrected chi connectivity index (χ1v) is 13.3. The molecule has 7 unspecified atom stereocenters. The molecule has 0 spiro atoms. The Hall–Kier alpha value is -1.68. The maximum atomic E-state index is 12.7. The Kier molecular flexibility index (Phi) is 6.33. The minimum absolute atomic E-state index is 0.0919. The Morgan fingerprint density at radius 2 is 1.88 bits per heavy atom. The predicted octanol–water partition coefficient (Wildman–Crippen LogP) is 6.35. The van der Waals surface area contributed by atoms with Gasteiger partial charge in [-0.15, -0.1) is 0 Å². The molecule has 188 valence electrons. The van der Waals surface area contributed by atoms with Gasteiger partial charge in [0.15, 0.2) is 0 Å². The van der Waals surface area contributed by atoms with Crippen molar-refractivity contribution in [1.29, 1.82) is 0 Å². The van der Waals surface area contributed by atoms with Gasteiger partial charge in [0.05, 0.1) is 12.0 Å². The van der Waals surface area contributed by atoms with Crippen molar-refractivity contribution < 1.29 is 19.8 Å². The number of ketones is 1. The zero-order valence-corrected chi connectivity index (χ0v) is 22.0. The Morgan fingerprint density at radius 3 is 2.50 bits per heavy atom. The molecule has 0 aromatic rings. The molecule has 4 rings (SSSR count). The second kappa shape index (κ2) is 8.47. The molecule has 2 N–H and O–H groups in total. The predicted molar refractivity (Wildman–Crippen MR) is 135 cm³/mol. The van der Waals surface area contributed by atoms with Crippen LogP contribution in [0.1, 0.15) is 86.5 Å². The highest BCUT2D eigenvalue weighted by Crippen LogP contribution is 2.69. The van der Waals surface area contributed by atoms with Crippen LogP contribution in [-0.4, -0.2) is 28.1 Å². The summed E-state index contributed by atoms with van der Waals surface area (Å²) in [6.07, 6.45) is 9.05. The van der Waals surface area contributed by atoms with Gasteiger partial charge in [0.2, 0.25) is 0 Å². The van der Waals surface area contributed by atoms with Gasteiger partial charge < -0.3 is 10.2 Å². The molecule has 2 saturated carbocycles. The topological polar surface area (TPSA) is 74.6 Å². The van der Waals surface area contributed by atoms with E-state index in [4.69, 9.17) is 0 Å². The molecule has 7 atom stereocenters. The summed E-state index contributed by atoms with van der Waals surface area (Å²) in [4.78, 5) is 25.2. The van der Waals surface area contributed by atoms with E-state index in [1.54, 1.807) is 0 Å². The van der Waals surface area contributed by atoms with E-state index < -0.39 is 23.4 Å². The second-order valence-corrected chi connectivity index (χ2v) is 12.9. The van der Waals surface area contributed by atoms with Crippen LogP contribution in [0.4, 0.5) is 0 Å². The number of aliphatic hydroxyl groups excluding tert-OH is 1. The fourth-order valence-corrected chi connectivity index (χ4v) is 8.10. The summed E-state index contributed by atoms with van der Waals surface area (Å²) in [6, 6.07) is 0. The van der Waals surface area contributed by atoms with Crippen LogP contribution in [0.15, 0.2) is 35.5 Å². The summed E-state index contributed by atoms with van der Waals surface area (Å²) < 4.78 is 0. The Morgan fingerprint density at radius 1 is 1.21 bits per heavy atom. The van der Waals surface area contributed by atoms with Crippen LogP contribution in [0.25, 0.3) is 0 Å². The number of carbonyl (C=O) groups excluding carboxylic acids is 1. The lowest BCUT2D eigenvalue weighted by Gasteiger charge is -2.56. The highest BCUT2D eigenvalue weighted by molar-refractivity contribution is 5.85. The summed E-state index contributed by atoms with van der Waals surface area (Å²) in [5, 5.41) is 21.8. The summed E-state index contributed by atoms with van der Waals surface area (Å²) in [6.45, 7) is 17.0. The highest BCUT2D eigenvalue weighted by atomic mass is 16.4. The minimum atomic E-state index is -0.751. The van der Waals surface area contributed by atoms with Gasteiger partial charge in [-0.1, -0.05) is 65.8 Å². The van der Waals surface area contributed by atoms with Gasteiger partial charge >= 0.3 is 5.97 Å². The normalized spacial score (nSPS) is 39.5. The van der Waals surface area contributed by atoms with Crippen LogP contribution < -0.4 is 0 Å². The van der Waals surface area contributed by atoms with E-state index in [0.29, 0.717) is 49.2 Å². The number of aliphatic hydroxyl groups is 1. The Bertz CT molecular complexity index is 953. The first-order valence-electron chi connectivity index (χ1n) is 13.3. The van der Waals surface area contributed by atoms with Crippen molar-refractivity contribution in [3.63, 3.8) is 0 Å². The first kappa shape index (κ1) is 25.4. The number of rotatable bonds is 6. The fraction of sp³-hybridized carbons (Fsp3) is 0.733. The van der Waals surface area contributed by atoms with Crippen LogP contribution in [-0.2, 0) is 9.59 Å². The lowest BCUT2D eigenvalue weighted by Crippen LogP contribution is -2.51. The van der Waals surface area contributed by atoms with Crippen LogP contribution >= 0.6 is 0 Å². The number of carboxylic acid groups (broad SMARTS) is 1. The molecule has 4 nitrogen and oxygen atoms in total. The molecule has 4 heteroatoms. The second-order valence-electron chi connectivity index (χ2n) is 12.9. The van der Waals surface area contributed by atoms with Gasteiger partial charge in [0.25, 0.3) is 0 Å². The number of allylic oxidation sites excluding steroid dienone is 4. The highest BCUT2D eigenvalue weighted by Gasteiger charge is 2.65. The average molecular weight is 469 g/mol. The molecule has 0 aromatic heterocycles. The lowest BCUT2D eigenvalue weighted by molar-refractivity contribution is -0.146. The van der Waals surface area contributed by atoms with E-state index in [0.717, 1.165) is 24.8 Å². The zero-order chi connectivity index (χ0) is 25.2. The van der Waals surface area contributed by atoms with E-state index in [1.165, 1.54) is 11.1 Å². The quantitative estimate of drug-likeness (QED) is 0.445. The third kappa shape index (κ3) is 3.50. The van der Waals surface area contributed by atoms with Crippen LogP contribution in [0.3, 0.4) is 0 Å². The van der Waals surface area contributed by atoms with Gasteiger partial charge in [-0.25, -0.2) is 0 Å². The molecule has 34 heavy (non-hydrogen) atoms. The largest absolute Gasteiger partial charge is 0.481 e. The maximum Gasteiger partial charge on any atom is 0.306 e. The van der Waals surface area contributed by atoms with Crippen molar-refractivity contribution in [2.75, 3.05) is 0 Å². The fourth-order valence-electron chi connectivity index (χ4n) is 8.10. The monoisotopic (exact) mass is 468 g/mol. The van der Waals surface area contributed by atoms with E-state index >= 15 is 0 Å². The first-order chi connectivity index (χ1) is 15.8. The van der Waals surface area contributed by atoms with E-state index in [2.05, 4.69) is 60.3 Å². The van der Waals surface area contributed by atoms with Crippen molar-refractivity contribution in [3.05, 3.63) is 35.5 Å². The average Bonchev–Trinajstić information content (AvgIpc) is 2.97. The van der Waals surface area contributed by atoms with Crippen molar-refractivity contribution in [1.82, 2.24) is 0 Å². The molecule has 0 radical (unpaired) electrons. The molecular weight excluding hydrogens is 424 g/mol. The molecule has 0 amide bonds. The number of carboxylic acids is 1. The van der Waals surface area contributed by atoms with E-state index in [1.807, 2.05) is 0 Å². The summed E-state index contributed by atoms with van der Waals surface area (Å²) in [7, 11) is 0. The lowest BCUT2D eigenvalue weighted by atomic mass is 9.48. The number of aliphatic carboxylic acids is 1. The van der Waals surface area contributed by atoms with E-state index in [-0.39, 0.29) is 16.7 Å². The summed E-state index contributed by atoms with van der Waals surface area (Å²) >= 11 is 0. The van der Waals surface area contributed by atoms with Crippen molar-refractivity contribution in [3.8, 4) is 0 Å². The summed E-state index contributed by atoms with van der Waals surface area (Å²) in [5.74, 6) is 0.0350. The molecule has 0 aromatic carbocycles. The summed E-state index contributed by atoms with van der Waals surface area (Å²) in [5.41, 5.74) is 2.55. The Labute approximate surface area is 205 Å². The van der Waals surface area contributed by atoms with Gasteiger partial charge in [0, 0.05) is 17.3 Å². The van der Waals surface area contributed by atoms with Gasteiger partial charge in [-0.2, -0.15) is 0 Å². The number of carbonyl (C=O) groups is 2. The number of Topliss-reactive ketones (excluding diaryl/α,β-unsaturated/α-hetero) is 1. The standard InChI is InChI=1S/C30H44O4/c1-17(2)18(3)8-9-21(27(33)34)24-16-26(32)30(7)23-12-11-22-19(10-13-25(31)28(22,4)5)20(23)14-15-29(24,30)6/h12,14,17,19,21-22,24,26,32H,3,8-11,13,15-16H2,1-2,4-7H3,(H,33,34). The van der Waals surface area contributed by atoms with Crippen LogP contribution in [0, 0.1) is 45.8 Å². The molecule has 2 fully saturated rings. The Balaban J connectivity index is 1.69. The molecule has 4 aliphatic rings. The SMILES string of the molecule is C=C(CCC(C(=O)O)C1CC(O)C2(C)C3=CCC4C(CCC(=O)C4(C)C)C3=CCC12C)C(C)C. The molecule has 0 bridgehead atoms. The van der Waals surface area contributed by atoms with Gasteiger partial charge in [-0.05, 0) is 78.8 Å².